The van der Waals surface area contributed by atoms with Crippen LogP contribution in [0, 0.1) is 0 Å². The van der Waals surface area contributed by atoms with Gasteiger partial charge >= 0.3 is 0 Å². The van der Waals surface area contributed by atoms with Crippen LogP contribution in [0.25, 0.3) is 0 Å². The van der Waals surface area contributed by atoms with Crippen molar-refractivity contribution >= 4 is 16.5 Å². The number of likely N-dealkylation sites (N-methyl/N-ethyl adjacent to an activating group) is 1. The van der Waals surface area contributed by atoms with Gasteiger partial charge in [0.1, 0.15) is 0 Å². The number of nitrogens with zero attached hydrogens (tertiary/aromatic N) is 2. The highest BCUT2D eigenvalue weighted by Crippen LogP contribution is 2.27. The Morgan fingerprint density at radius 1 is 1.52 bits per heavy atom. The van der Waals surface area contributed by atoms with Crippen LogP contribution in [0.3, 0.4) is 0 Å². The Bertz CT molecular complexity index is 431. The summed E-state index contributed by atoms with van der Waals surface area (Å²) in [6.45, 7) is 7.54. The fraction of sp³-hybridized carbons (Fsp3) is 0.800. The zero-order chi connectivity index (χ0) is 15.2. The van der Waals surface area contributed by atoms with E-state index in [4.69, 9.17) is 14.5 Å². The van der Waals surface area contributed by atoms with Gasteiger partial charge in [-0.1, -0.05) is 13.8 Å². The summed E-state index contributed by atoms with van der Waals surface area (Å²) >= 11 is 1.75. The Hall–Kier alpha value is -0.690. The lowest BCUT2D eigenvalue weighted by atomic mass is 10.2. The quantitative estimate of drug-likeness (QED) is 0.798. The topological polar surface area (TPSA) is 46.6 Å². The van der Waals surface area contributed by atoms with Crippen LogP contribution < -0.4 is 10.2 Å². The number of ether oxygens (including phenoxy) is 2. The predicted octanol–water partition coefficient (Wildman–Crippen LogP) is 2.40. The number of nitrogens with one attached hydrogen (secondary N) is 1. The molecule has 21 heavy (non-hydrogen) atoms. The van der Waals surface area contributed by atoms with E-state index in [-0.39, 0.29) is 0 Å². The highest BCUT2D eigenvalue weighted by molar-refractivity contribution is 7.15. The van der Waals surface area contributed by atoms with Crippen LogP contribution >= 0.6 is 11.3 Å². The number of thiazole rings is 1. The van der Waals surface area contributed by atoms with Crippen molar-refractivity contribution in [2.45, 2.75) is 52.0 Å². The maximum absolute atomic E-state index is 5.71. The summed E-state index contributed by atoms with van der Waals surface area (Å²) in [5.74, 6) is 0. The van der Waals surface area contributed by atoms with Crippen molar-refractivity contribution < 1.29 is 9.47 Å². The molecule has 1 N–H and O–H groups in total. The molecule has 1 aliphatic heterocycles. The van der Waals surface area contributed by atoms with Gasteiger partial charge in [0.25, 0.3) is 0 Å². The molecule has 1 fully saturated rings. The molecule has 1 atom stereocenters. The van der Waals surface area contributed by atoms with Gasteiger partial charge in [0.2, 0.25) is 0 Å². The Kier molecular flexibility index (Phi) is 6.41. The minimum absolute atomic E-state index is 0.349. The summed E-state index contributed by atoms with van der Waals surface area (Å²) in [6.07, 6.45) is 2.68. The molecule has 0 radical (unpaired) electrons. The standard InChI is InChI=1S/C15H27N3O2S/c1-11(2)16-8-14-13(10-19-4)17-15(21-14)18(3)9-12-6-5-7-20-12/h11-12,16H,5-10H2,1-4H3. The minimum Gasteiger partial charge on any atom is -0.378 e. The van der Waals surface area contributed by atoms with Crippen LogP contribution in [0.1, 0.15) is 37.3 Å². The second-order valence-electron chi connectivity index (χ2n) is 5.85. The molecule has 120 valence electrons. The molecule has 1 unspecified atom stereocenters. The number of anilines is 1. The molecule has 0 spiro atoms. The lowest BCUT2D eigenvalue weighted by molar-refractivity contribution is 0.116. The van der Waals surface area contributed by atoms with E-state index >= 15 is 0 Å². The van der Waals surface area contributed by atoms with E-state index in [2.05, 4.69) is 31.1 Å². The van der Waals surface area contributed by atoms with Crippen LogP contribution in [0.5, 0.6) is 0 Å². The molecule has 1 aliphatic rings. The van der Waals surface area contributed by atoms with Crippen LogP contribution in [0.2, 0.25) is 0 Å². The average Bonchev–Trinajstić information content (AvgIpc) is 3.06. The Labute approximate surface area is 131 Å². The monoisotopic (exact) mass is 313 g/mol. The molecule has 1 saturated heterocycles. The Morgan fingerprint density at radius 3 is 2.95 bits per heavy atom. The van der Waals surface area contributed by atoms with E-state index in [1.807, 2.05) is 0 Å². The van der Waals surface area contributed by atoms with E-state index in [1.54, 1.807) is 18.4 Å². The van der Waals surface area contributed by atoms with Gasteiger partial charge in [0, 0.05) is 44.8 Å². The van der Waals surface area contributed by atoms with Crippen LogP contribution in [-0.2, 0) is 22.6 Å². The summed E-state index contributed by atoms with van der Waals surface area (Å²) in [6, 6.07) is 0.468. The molecule has 0 aliphatic carbocycles. The molecule has 0 amide bonds. The molecular formula is C15H27N3O2S. The second kappa shape index (κ2) is 8.08. The van der Waals surface area contributed by atoms with Crippen LogP contribution in [0.15, 0.2) is 0 Å². The first-order valence-electron chi connectivity index (χ1n) is 7.63. The number of methoxy groups -OCH3 is 1. The number of hydrogen-bond acceptors (Lipinski definition) is 6. The van der Waals surface area contributed by atoms with Crippen molar-refractivity contribution in [2.24, 2.45) is 0 Å². The van der Waals surface area contributed by atoms with Crippen molar-refractivity contribution in [3.05, 3.63) is 10.6 Å². The normalized spacial score (nSPS) is 18.6. The molecular weight excluding hydrogens is 286 g/mol. The number of rotatable bonds is 8. The lowest BCUT2D eigenvalue weighted by Gasteiger charge is -2.19. The first-order chi connectivity index (χ1) is 10.1. The van der Waals surface area contributed by atoms with Gasteiger partial charge in [-0.15, -0.1) is 11.3 Å². The summed E-state index contributed by atoms with van der Waals surface area (Å²) in [5, 5.41) is 4.51. The number of aromatic nitrogens is 1. The summed E-state index contributed by atoms with van der Waals surface area (Å²) in [5.41, 5.74) is 1.05. The van der Waals surface area contributed by atoms with Crippen molar-refractivity contribution in [1.82, 2.24) is 10.3 Å². The van der Waals surface area contributed by atoms with Crippen molar-refractivity contribution in [2.75, 3.05) is 32.2 Å². The molecule has 6 heteroatoms. The average molecular weight is 313 g/mol. The SMILES string of the molecule is COCc1nc(N(C)CC2CCCO2)sc1CNC(C)C. The zero-order valence-corrected chi connectivity index (χ0v) is 14.3. The van der Waals surface area contributed by atoms with Crippen molar-refractivity contribution in [3.63, 3.8) is 0 Å². The van der Waals surface area contributed by atoms with Gasteiger partial charge < -0.3 is 19.7 Å². The van der Waals surface area contributed by atoms with Crippen LogP contribution in [-0.4, -0.2) is 44.4 Å². The van der Waals surface area contributed by atoms with Crippen LogP contribution in [0.4, 0.5) is 5.13 Å². The molecule has 0 aromatic carbocycles. The largest absolute Gasteiger partial charge is 0.378 e. The highest BCUT2D eigenvalue weighted by atomic mass is 32.1. The molecule has 2 rings (SSSR count). The fourth-order valence-corrected chi connectivity index (χ4v) is 3.37. The van der Waals surface area contributed by atoms with Gasteiger partial charge in [-0.2, -0.15) is 0 Å². The first kappa shape index (κ1) is 16.7. The molecule has 1 aromatic heterocycles. The second-order valence-corrected chi connectivity index (χ2v) is 6.91. The highest BCUT2D eigenvalue weighted by Gasteiger charge is 2.20. The Balaban J connectivity index is 2.02. The number of hydrogen-bond donors (Lipinski definition) is 1. The third kappa shape index (κ3) is 4.92. The zero-order valence-electron chi connectivity index (χ0n) is 13.5. The third-order valence-corrected chi connectivity index (χ3v) is 4.76. The van der Waals surface area contributed by atoms with E-state index in [0.29, 0.717) is 18.8 Å². The first-order valence-corrected chi connectivity index (χ1v) is 8.45. The van der Waals surface area contributed by atoms with Gasteiger partial charge in [-0.3, -0.25) is 0 Å². The molecule has 1 aromatic rings. The van der Waals surface area contributed by atoms with Crippen molar-refractivity contribution in [3.8, 4) is 0 Å². The van der Waals surface area contributed by atoms with E-state index in [9.17, 15) is 0 Å². The summed E-state index contributed by atoms with van der Waals surface area (Å²) < 4.78 is 11.0. The maximum Gasteiger partial charge on any atom is 0.185 e. The molecule has 5 nitrogen and oxygen atoms in total. The smallest absolute Gasteiger partial charge is 0.185 e. The van der Waals surface area contributed by atoms with Gasteiger partial charge in [0.15, 0.2) is 5.13 Å². The minimum atomic E-state index is 0.349. The molecule has 0 bridgehead atoms. The lowest BCUT2D eigenvalue weighted by Crippen LogP contribution is -2.28. The van der Waals surface area contributed by atoms with Crippen molar-refractivity contribution in [1.29, 1.82) is 0 Å². The summed E-state index contributed by atoms with van der Waals surface area (Å²) in [7, 11) is 3.81. The summed E-state index contributed by atoms with van der Waals surface area (Å²) in [4.78, 5) is 8.21. The van der Waals surface area contributed by atoms with Gasteiger partial charge in [-0.05, 0) is 12.8 Å². The maximum atomic E-state index is 5.71. The Morgan fingerprint density at radius 2 is 2.33 bits per heavy atom. The third-order valence-electron chi connectivity index (χ3n) is 3.55. The van der Waals surface area contributed by atoms with E-state index in [0.717, 1.165) is 36.9 Å². The van der Waals surface area contributed by atoms with E-state index in [1.165, 1.54) is 11.3 Å². The van der Waals surface area contributed by atoms with Gasteiger partial charge in [0.05, 0.1) is 18.4 Å². The van der Waals surface area contributed by atoms with Gasteiger partial charge in [-0.25, -0.2) is 4.98 Å². The molecule has 2 heterocycles. The van der Waals surface area contributed by atoms with E-state index < -0.39 is 0 Å². The fourth-order valence-electron chi connectivity index (χ4n) is 2.39. The predicted molar refractivity (Wildman–Crippen MR) is 87.0 cm³/mol. The molecule has 0 saturated carbocycles.